The van der Waals surface area contributed by atoms with Gasteiger partial charge in [0.15, 0.2) is 0 Å². The molecule has 4 rings (SSSR count). The van der Waals surface area contributed by atoms with E-state index < -0.39 is 0 Å². The predicted molar refractivity (Wildman–Crippen MR) is 95.3 cm³/mol. The number of carbonyl (C=O) groups is 1. The van der Waals surface area contributed by atoms with Crippen LogP contribution in [-0.4, -0.2) is 16.1 Å². The quantitative estimate of drug-likeness (QED) is 0.725. The highest BCUT2D eigenvalue weighted by atomic mass is 16.1. The summed E-state index contributed by atoms with van der Waals surface area (Å²) in [5.41, 5.74) is 4.52. The number of rotatable bonds is 3. The smallest absolute Gasteiger partial charge is 0.244 e. The molecule has 0 spiro atoms. The first-order valence-corrected chi connectivity index (χ1v) is 8.20. The van der Waals surface area contributed by atoms with E-state index in [0.29, 0.717) is 5.92 Å². The van der Waals surface area contributed by atoms with E-state index in [1.807, 2.05) is 30.3 Å². The molecule has 4 nitrogen and oxygen atoms in total. The SMILES string of the molecule is C[C@H]1Cc2ccccc2[C@H]1NC(=O)/C=C/c1ccc2cn[nH]c2c1. The van der Waals surface area contributed by atoms with Gasteiger partial charge in [-0.05, 0) is 41.2 Å². The third-order valence-corrected chi connectivity index (χ3v) is 4.69. The largest absolute Gasteiger partial charge is 0.345 e. The van der Waals surface area contributed by atoms with Crippen molar-refractivity contribution in [2.45, 2.75) is 19.4 Å². The zero-order chi connectivity index (χ0) is 16.5. The Morgan fingerprint density at radius 3 is 3.08 bits per heavy atom. The number of carbonyl (C=O) groups excluding carboxylic acids is 1. The fourth-order valence-corrected chi connectivity index (χ4v) is 3.45. The fourth-order valence-electron chi connectivity index (χ4n) is 3.45. The van der Waals surface area contributed by atoms with Gasteiger partial charge in [0, 0.05) is 11.5 Å². The molecule has 0 fully saturated rings. The van der Waals surface area contributed by atoms with Gasteiger partial charge in [0.25, 0.3) is 0 Å². The third kappa shape index (κ3) is 2.71. The number of amides is 1. The average molecular weight is 317 g/mol. The lowest BCUT2D eigenvalue weighted by Crippen LogP contribution is -2.28. The highest BCUT2D eigenvalue weighted by molar-refractivity contribution is 5.92. The Hall–Kier alpha value is -2.88. The van der Waals surface area contributed by atoms with Crippen molar-refractivity contribution in [3.8, 4) is 0 Å². The third-order valence-electron chi connectivity index (χ3n) is 4.69. The van der Waals surface area contributed by atoms with Gasteiger partial charge in [-0.25, -0.2) is 0 Å². The molecule has 4 heteroatoms. The number of nitrogens with one attached hydrogen (secondary N) is 2. The highest BCUT2D eigenvalue weighted by Crippen LogP contribution is 2.35. The Morgan fingerprint density at radius 1 is 1.29 bits per heavy atom. The molecule has 1 aromatic heterocycles. The number of aromatic nitrogens is 2. The summed E-state index contributed by atoms with van der Waals surface area (Å²) < 4.78 is 0. The molecule has 1 heterocycles. The summed E-state index contributed by atoms with van der Waals surface area (Å²) in [5.74, 6) is 0.356. The fraction of sp³-hybridized carbons (Fsp3) is 0.200. The van der Waals surface area contributed by atoms with Crippen molar-refractivity contribution in [2.24, 2.45) is 5.92 Å². The van der Waals surface area contributed by atoms with Crippen LogP contribution in [0.15, 0.2) is 54.7 Å². The molecule has 1 aliphatic carbocycles. The summed E-state index contributed by atoms with van der Waals surface area (Å²) in [6.07, 6.45) is 6.24. The minimum Gasteiger partial charge on any atom is -0.345 e. The van der Waals surface area contributed by atoms with E-state index in [1.165, 1.54) is 11.1 Å². The number of nitrogens with zero attached hydrogens (tertiary/aromatic N) is 1. The van der Waals surface area contributed by atoms with Gasteiger partial charge >= 0.3 is 0 Å². The van der Waals surface area contributed by atoms with E-state index >= 15 is 0 Å². The number of benzene rings is 2. The molecule has 0 radical (unpaired) electrons. The van der Waals surface area contributed by atoms with Gasteiger partial charge in [0.1, 0.15) is 0 Å². The standard InChI is InChI=1S/C20H19N3O/c1-13-10-15-4-2-3-5-17(15)20(13)22-19(24)9-7-14-6-8-16-12-21-23-18(16)11-14/h2-9,11-13,20H,10H2,1H3,(H,21,23)(H,22,24)/b9-7+/t13-,20-/m0/s1. The molecule has 0 bridgehead atoms. The second-order valence-corrected chi connectivity index (χ2v) is 6.42. The van der Waals surface area contributed by atoms with Gasteiger partial charge in [-0.2, -0.15) is 5.10 Å². The molecule has 0 aliphatic heterocycles. The minimum absolute atomic E-state index is 0.0618. The molecular weight excluding hydrogens is 298 g/mol. The van der Waals surface area contributed by atoms with Crippen molar-refractivity contribution in [1.82, 2.24) is 15.5 Å². The van der Waals surface area contributed by atoms with Crippen molar-refractivity contribution in [3.05, 3.63) is 71.4 Å². The molecule has 0 unspecified atom stereocenters. The highest BCUT2D eigenvalue weighted by Gasteiger charge is 2.29. The molecule has 2 aromatic carbocycles. The van der Waals surface area contributed by atoms with Gasteiger partial charge in [0.2, 0.25) is 5.91 Å². The number of fused-ring (bicyclic) bond motifs is 2. The van der Waals surface area contributed by atoms with Crippen LogP contribution in [-0.2, 0) is 11.2 Å². The number of hydrogen-bond acceptors (Lipinski definition) is 2. The normalized spacial score (nSPS) is 19.7. The Labute approximate surface area is 140 Å². The van der Waals surface area contributed by atoms with Crippen LogP contribution in [0.3, 0.4) is 0 Å². The maximum Gasteiger partial charge on any atom is 0.244 e. The summed E-state index contributed by atoms with van der Waals surface area (Å²) in [6.45, 7) is 2.18. The van der Waals surface area contributed by atoms with Crippen LogP contribution >= 0.6 is 0 Å². The van der Waals surface area contributed by atoms with Crippen LogP contribution in [0.5, 0.6) is 0 Å². The van der Waals surface area contributed by atoms with Gasteiger partial charge in [0.05, 0.1) is 17.8 Å². The van der Waals surface area contributed by atoms with E-state index in [4.69, 9.17) is 0 Å². The first kappa shape index (κ1) is 14.7. The average Bonchev–Trinajstić information content (AvgIpc) is 3.17. The van der Waals surface area contributed by atoms with Crippen LogP contribution in [0.1, 0.15) is 29.7 Å². The lowest BCUT2D eigenvalue weighted by Gasteiger charge is -2.17. The van der Waals surface area contributed by atoms with Gasteiger partial charge < -0.3 is 5.32 Å². The molecule has 1 amide bonds. The zero-order valence-corrected chi connectivity index (χ0v) is 13.5. The molecule has 2 atom stereocenters. The first-order valence-electron chi connectivity index (χ1n) is 8.20. The van der Waals surface area contributed by atoms with E-state index in [-0.39, 0.29) is 11.9 Å². The summed E-state index contributed by atoms with van der Waals surface area (Å²) in [4.78, 5) is 12.3. The summed E-state index contributed by atoms with van der Waals surface area (Å²) >= 11 is 0. The molecule has 0 saturated carbocycles. The van der Waals surface area contributed by atoms with Crippen molar-refractivity contribution in [2.75, 3.05) is 0 Å². The molecule has 24 heavy (non-hydrogen) atoms. The minimum atomic E-state index is -0.0618. The monoisotopic (exact) mass is 317 g/mol. The number of H-pyrrole nitrogens is 1. The van der Waals surface area contributed by atoms with Crippen molar-refractivity contribution >= 4 is 22.9 Å². The molecule has 1 aliphatic rings. The van der Waals surface area contributed by atoms with Gasteiger partial charge in [-0.15, -0.1) is 0 Å². The molecular formula is C20H19N3O. The number of aromatic amines is 1. The van der Waals surface area contributed by atoms with E-state index in [9.17, 15) is 4.79 Å². The van der Waals surface area contributed by atoms with Crippen LogP contribution in [0.25, 0.3) is 17.0 Å². The van der Waals surface area contributed by atoms with Crippen molar-refractivity contribution < 1.29 is 4.79 Å². The Bertz CT molecular complexity index is 925. The maximum absolute atomic E-state index is 12.3. The second-order valence-electron chi connectivity index (χ2n) is 6.42. The van der Waals surface area contributed by atoms with Crippen molar-refractivity contribution in [1.29, 1.82) is 0 Å². The molecule has 0 saturated heterocycles. The lowest BCUT2D eigenvalue weighted by atomic mass is 10.0. The summed E-state index contributed by atoms with van der Waals surface area (Å²) in [6, 6.07) is 14.4. The Balaban J connectivity index is 1.48. The number of hydrogen-bond donors (Lipinski definition) is 2. The van der Waals surface area contributed by atoms with Gasteiger partial charge in [-0.3, -0.25) is 9.89 Å². The summed E-state index contributed by atoms with van der Waals surface area (Å²) in [7, 11) is 0. The lowest BCUT2D eigenvalue weighted by molar-refractivity contribution is -0.117. The zero-order valence-electron chi connectivity index (χ0n) is 13.5. The van der Waals surface area contributed by atoms with Crippen molar-refractivity contribution in [3.63, 3.8) is 0 Å². The van der Waals surface area contributed by atoms with Gasteiger partial charge in [-0.1, -0.05) is 43.3 Å². The van der Waals surface area contributed by atoms with E-state index in [0.717, 1.165) is 22.9 Å². The molecule has 3 aromatic rings. The van der Waals surface area contributed by atoms with Crippen LogP contribution < -0.4 is 5.32 Å². The second kappa shape index (κ2) is 5.96. The first-order chi connectivity index (χ1) is 11.7. The maximum atomic E-state index is 12.3. The Kier molecular flexibility index (Phi) is 3.65. The van der Waals surface area contributed by atoms with Crippen LogP contribution in [0, 0.1) is 5.92 Å². The van der Waals surface area contributed by atoms with E-state index in [1.54, 1.807) is 12.3 Å². The molecule has 120 valence electrons. The predicted octanol–water partition coefficient (Wildman–Crippen LogP) is 3.63. The van der Waals surface area contributed by atoms with E-state index in [2.05, 4.69) is 40.6 Å². The Morgan fingerprint density at radius 2 is 2.17 bits per heavy atom. The summed E-state index contributed by atoms with van der Waals surface area (Å²) in [5, 5.41) is 11.2. The molecule has 2 N–H and O–H groups in total. The van der Waals surface area contributed by atoms with Crippen LogP contribution in [0.4, 0.5) is 0 Å². The topological polar surface area (TPSA) is 57.8 Å². The van der Waals surface area contributed by atoms with Crippen LogP contribution in [0.2, 0.25) is 0 Å².